The van der Waals surface area contributed by atoms with Gasteiger partial charge in [0.05, 0.1) is 24.7 Å². The standard InChI is InChI=1S/C15H24O3/c1-3-5-7-13(16)14(8-4-2)9-6-10-15(14)17-11-12-18-15/h3-4,13,16H,1-2,5-12H2/t13-,14-/m0/s1. The molecule has 3 nitrogen and oxygen atoms in total. The molecule has 1 aliphatic heterocycles. The Labute approximate surface area is 109 Å². The number of ether oxygens (including phenoxy) is 2. The van der Waals surface area contributed by atoms with Gasteiger partial charge in [-0.05, 0) is 32.1 Å². The summed E-state index contributed by atoms with van der Waals surface area (Å²) in [5.74, 6) is -0.582. The SMILES string of the molecule is C=CCC[C@H](O)[C@]1(CC=C)CCCC12OCCO2. The van der Waals surface area contributed by atoms with E-state index in [1.54, 1.807) is 0 Å². The van der Waals surface area contributed by atoms with Gasteiger partial charge in [-0.1, -0.05) is 12.2 Å². The zero-order valence-electron chi connectivity index (χ0n) is 11.1. The van der Waals surface area contributed by atoms with Crippen LogP contribution in [-0.2, 0) is 9.47 Å². The Bertz CT molecular complexity index is 301. The molecule has 0 aromatic rings. The van der Waals surface area contributed by atoms with Crippen molar-refractivity contribution in [2.24, 2.45) is 5.41 Å². The molecule has 0 unspecified atom stereocenters. The molecule has 1 aliphatic carbocycles. The fourth-order valence-corrected chi connectivity index (χ4v) is 3.59. The van der Waals surface area contributed by atoms with E-state index in [9.17, 15) is 5.11 Å². The van der Waals surface area contributed by atoms with E-state index in [0.29, 0.717) is 19.6 Å². The van der Waals surface area contributed by atoms with E-state index in [1.165, 1.54) is 0 Å². The number of aliphatic hydroxyl groups excluding tert-OH is 1. The van der Waals surface area contributed by atoms with E-state index in [0.717, 1.165) is 32.1 Å². The monoisotopic (exact) mass is 252 g/mol. The summed E-state index contributed by atoms with van der Waals surface area (Å²) in [4.78, 5) is 0. The van der Waals surface area contributed by atoms with Gasteiger partial charge < -0.3 is 14.6 Å². The molecule has 18 heavy (non-hydrogen) atoms. The van der Waals surface area contributed by atoms with Gasteiger partial charge >= 0.3 is 0 Å². The lowest BCUT2D eigenvalue weighted by Gasteiger charge is -2.44. The van der Waals surface area contributed by atoms with Crippen LogP contribution in [0, 0.1) is 5.41 Å². The zero-order chi connectivity index (χ0) is 13.1. The molecule has 0 amide bonds. The lowest BCUT2D eigenvalue weighted by Crippen LogP contribution is -2.52. The van der Waals surface area contributed by atoms with Crippen LogP contribution in [0.1, 0.15) is 38.5 Å². The van der Waals surface area contributed by atoms with E-state index in [2.05, 4.69) is 13.2 Å². The molecule has 1 spiro atoms. The van der Waals surface area contributed by atoms with E-state index >= 15 is 0 Å². The van der Waals surface area contributed by atoms with Crippen LogP contribution < -0.4 is 0 Å². The summed E-state index contributed by atoms with van der Waals surface area (Å²) in [6.45, 7) is 8.83. The van der Waals surface area contributed by atoms with Gasteiger partial charge in [-0.25, -0.2) is 0 Å². The van der Waals surface area contributed by atoms with Crippen molar-refractivity contribution in [3.8, 4) is 0 Å². The first-order chi connectivity index (χ1) is 8.71. The molecule has 0 radical (unpaired) electrons. The third-order valence-electron chi connectivity index (χ3n) is 4.43. The Morgan fingerprint density at radius 2 is 1.89 bits per heavy atom. The zero-order valence-corrected chi connectivity index (χ0v) is 11.1. The van der Waals surface area contributed by atoms with Crippen LogP contribution in [0.5, 0.6) is 0 Å². The first kappa shape index (κ1) is 13.8. The van der Waals surface area contributed by atoms with Gasteiger partial charge in [0, 0.05) is 6.42 Å². The van der Waals surface area contributed by atoms with Gasteiger partial charge in [0.2, 0.25) is 0 Å². The maximum absolute atomic E-state index is 10.6. The Hall–Kier alpha value is -0.640. The molecule has 1 heterocycles. The fraction of sp³-hybridized carbons (Fsp3) is 0.733. The minimum Gasteiger partial charge on any atom is -0.392 e. The molecule has 1 N–H and O–H groups in total. The number of allylic oxidation sites excluding steroid dienone is 2. The highest BCUT2D eigenvalue weighted by molar-refractivity contribution is 5.07. The molecule has 0 aromatic heterocycles. The summed E-state index contributed by atoms with van der Waals surface area (Å²) in [6, 6.07) is 0. The number of rotatable bonds is 6. The van der Waals surface area contributed by atoms with Crippen molar-refractivity contribution in [1.82, 2.24) is 0 Å². The van der Waals surface area contributed by atoms with Gasteiger partial charge in [0.15, 0.2) is 5.79 Å². The highest BCUT2D eigenvalue weighted by atomic mass is 16.7. The lowest BCUT2D eigenvalue weighted by atomic mass is 9.72. The smallest absolute Gasteiger partial charge is 0.176 e. The Balaban J connectivity index is 2.23. The van der Waals surface area contributed by atoms with E-state index in [1.807, 2.05) is 12.2 Å². The van der Waals surface area contributed by atoms with E-state index < -0.39 is 11.9 Å². The molecule has 2 fully saturated rings. The summed E-state index contributed by atoms with van der Waals surface area (Å²) >= 11 is 0. The molecule has 2 atom stereocenters. The quantitative estimate of drug-likeness (QED) is 0.739. The van der Waals surface area contributed by atoms with Crippen molar-refractivity contribution >= 4 is 0 Å². The van der Waals surface area contributed by atoms with Gasteiger partial charge in [-0.2, -0.15) is 0 Å². The van der Waals surface area contributed by atoms with Crippen LogP contribution in [0.3, 0.4) is 0 Å². The molecule has 0 bridgehead atoms. The van der Waals surface area contributed by atoms with Crippen molar-refractivity contribution in [2.45, 2.75) is 50.4 Å². The normalized spacial score (nSPS) is 31.6. The van der Waals surface area contributed by atoms with Crippen LogP contribution in [0.2, 0.25) is 0 Å². The maximum Gasteiger partial charge on any atom is 0.176 e. The number of aliphatic hydroxyl groups is 1. The van der Waals surface area contributed by atoms with E-state index in [4.69, 9.17) is 9.47 Å². The van der Waals surface area contributed by atoms with Crippen molar-refractivity contribution in [2.75, 3.05) is 13.2 Å². The van der Waals surface area contributed by atoms with Crippen molar-refractivity contribution in [1.29, 1.82) is 0 Å². The van der Waals surface area contributed by atoms with Crippen LogP contribution in [0.15, 0.2) is 25.3 Å². The molecular weight excluding hydrogens is 228 g/mol. The second kappa shape index (κ2) is 5.55. The summed E-state index contributed by atoms with van der Waals surface area (Å²) in [5, 5.41) is 10.6. The Morgan fingerprint density at radius 3 is 2.50 bits per heavy atom. The van der Waals surface area contributed by atoms with Crippen molar-refractivity contribution < 1.29 is 14.6 Å². The van der Waals surface area contributed by atoms with Gasteiger partial charge in [0.25, 0.3) is 0 Å². The van der Waals surface area contributed by atoms with Crippen LogP contribution in [-0.4, -0.2) is 30.2 Å². The first-order valence-corrected chi connectivity index (χ1v) is 6.88. The molecule has 1 saturated heterocycles. The topological polar surface area (TPSA) is 38.7 Å². The maximum atomic E-state index is 10.6. The summed E-state index contributed by atoms with van der Waals surface area (Å²) in [6.07, 6.45) is 8.45. The third-order valence-corrected chi connectivity index (χ3v) is 4.43. The Morgan fingerprint density at radius 1 is 1.17 bits per heavy atom. The average molecular weight is 252 g/mol. The average Bonchev–Trinajstić information content (AvgIpc) is 2.97. The second-order valence-corrected chi connectivity index (χ2v) is 5.33. The third kappa shape index (κ3) is 2.04. The lowest BCUT2D eigenvalue weighted by molar-refractivity contribution is -0.248. The first-order valence-electron chi connectivity index (χ1n) is 6.88. The molecule has 3 heteroatoms. The largest absolute Gasteiger partial charge is 0.392 e. The molecule has 1 saturated carbocycles. The van der Waals surface area contributed by atoms with Crippen LogP contribution in [0.25, 0.3) is 0 Å². The number of hydrogen-bond donors (Lipinski definition) is 1. The predicted molar refractivity (Wildman–Crippen MR) is 71.2 cm³/mol. The predicted octanol–water partition coefficient (Wildman–Crippen LogP) is 2.80. The fourth-order valence-electron chi connectivity index (χ4n) is 3.59. The highest BCUT2D eigenvalue weighted by Crippen LogP contribution is 2.56. The number of hydrogen-bond acceptors (Lipinski definition) is 3. The van der Waals surface area contributed by atoms with Crippen LogP contribution >= 0.6 is 0 Å². The minimum absolute atomic E-state index is 0.325. The summed E-state index contributed by atoms with van der Waals surface area (Å²) in [5.41, 5.74) is -0.325. The van der Waals surface area contributed by atoms with Crippen molar-refractivity contribution in [3.63, 3.8) is 0 Å². The highest BCUT2D eigenvalue weighted by Gasteiger charge is 2.61. The van der Waals surface area contributed by atoms with Crippen molar-refractivity contribution in [3.05, 3.63) is 25.3 Å². The molecule has 0 aromatic carbocycles. The van der Waals surface area contributed by atoms with Gasteiger partial charge in [0.1, 0.15) is 0 Å². The van der Waals surface area contributed by atoms with Gasteiger partial charge in [-0.15, -0.1) is 13.2 Å². The summed E-state index contributed by atoms with van der Waals surface area (Å²) in [7, 11) is 0. The summed E-state index contributed by atoms with van der Waals surface area (Å²) < 4.78 is 11.8. The van der Waals surface area contributed by atoms with Gasteiger partial charge in [-0.3, -0.25) is 0 Å². The molecule has 102 valence electrons. The molecular formula is C15H24O3. The van der Waals surface area contributed by atoms with E-state index in [-0.39, 0.29) is 5.41 Å². The second-order valence-electron chi connectivity index (χ2n) is 5.33. The Kier molecular flexibility index (Phi) is 4.25. The molecule has 2 aliphatic rings. The molecule has 2 rings (SSSR count). The minimum atomic E-state index is -0.582. The van der Waals surface area contributed by atoms with Crippen LogP contribution in [0.4, 0.5) is 0 Å².